The smallest absolute Gasteiger partial charge is 0.416 e. The summed E-state index contributed by atoms with van der Waals surface area (Å²) < 4.78 is 43.7. The summed E-state index contributed by atoms with van der Waals surface area (Å²) in [6, 6.07) is 4.56. The molecule has 0 saturated carbocycles. The molecule has 0 spiro atoms. The fourth-order valence-corrected chi connectivity index (χ4v) is 1.94. The molecule has 0 radical (unpaired) electrons. The van der Waals surface area contributed by atoms with Gasteiger partial charge in [-0.15, -0.1) is 0 Å². The van der Waals surface area contributed by atoms with Crippen LogP contribution in [0.25, 0.3) is 0 Å². The third-order valence-corrected chi connectivity index (χ3v) is 2.95. The fourth-order valence-electron chi connectivity index (χ4n) is 1.94. The molecule has 0 heterocycles. The molecule has 0 atom stereocenters. The van der Waals surface area contributed by atoms with Gasteiger partial charge in [-0.25, -0.2) is 0 Å². The predicted octanol–water partition coefficient (Wildman–Crippen LogP) is 2.37. The zero-order chi connectivity index (χ0) is 17.0. The third-order valence-electron chi connectivity index (χ3n) is 2.95. The summed E-state index contributed by atoms with van der Waals surface area (Å²) in [5, 5.41) is 0. The highest BCUT2D eigenvalue weighted by Crippen LogP contribution is 2.33. The Labute approximate surface area is 130 Å². The third kappa shape index (κ3) is 4.29. The Hall–Kier alpha value is -2.90. The normalized spacial score (nSPS) is 16.6. The van der Waals surface area contributed by atoms with Crippen LogP contribution in [0.2, 0.25) is 0 Å². The van der Waals surface area contributed by atoms with Gasteiger partial charge in [0.1, 0.15) is 17.3 Å². The van der Waals surface area contributed by atoms with E-state index in [-0.39, 0.29) is 23.3 Å². The maximum absolute atomic E-state index is 12.7. The summed E-state index contributed by atoms with van der Waals surface area (Å²) >= 11 is 0. The van der Waals surface area contributed by atoms with Crippen LogP contribution in [-0.2, 0) is 6.18 Å². The highest BCUT2D eigenvalue weighted by molar-refractivity contribution is 5.77. The Bertz CT molecular complexity index is 714. The standard InChI is InChI=1S/C15H15F3N4O/c16-15(17,18)9-4-3-5-10(8-9)23-12-7-2-1-6-11(12)13(19)22-14(20)21/h1-5,7-8H,6,19H2,(H4,20,21,22)/b13-11+. The van der Waals surface area contributed by atoms with Crippen LogP contribution in [0.15, 0.2) is 64.6 Å². The molecule has 122 valence electrons. The minimum atomic E-state index is -4.45. The molecule has 23 heavy (non-hydrogen) atoms. The first-order chi connectivity index (χ1) is 10.8. The quantitative estimate of drug-likeness (QED) is 0.587. The summed E-state index contributed by atoms with van der Waals surface area (Å²) in [6.07, 6.45) is 1.02. The summed E-state index contributed by atoms with van der Waals surface area (Å²) in [6.45, 7) is 0. The second kappa shape index (κ2) is 6.47. The lowest BCUT2D eigenvalue weighted by Gasteiger charge is -2.17. The number of halogens is 3. The molecule has 0 aliphatic heterocycles. The number of nitrogens with two attached hydrogens (primary N) is 3. The van der Waals surface area contributed by atoms with E-state index in [0.717, 1.165) is 12.1 Å². The molecule has 1 aromatic carbocycles. The molecule has 0 unspecified atom stereocenters. The Balaban J connectivity index is 2.32. The lowest BCUT2D eigenvalue weighted by Crippen LogP contribution is -2.24. The van der Waals surface area contributed by atoms with Gasteiger partial charge in [-0.1, -0.05) is 18.2 Å². The van der Waals surface area contributed by atoms with E-state index < -0.39 is 11.7 Å². The zero-order valence-corrected chi connectivity index (χ0v) is 12.0. The van der Waals surface area contributed by atoms with Crippen LogP contribution in [-0.4, -0.2) is 5.96 Å². The van der Waals surface area contributed by atoms with E-state index in [1.807, 2.05) is 0 Å². The number of aliphatic imine (C=N–C) groups is 1. The summed E-state index contributed by atoms with van der Waals surface area (Å²) in [5.41, 5.74) is 16.0. The monoisotopic (exact) mass is 324 g/mol. The van der Waals surface area contributed by atoms with Gasteiger partial charge >= 0.3 is 6.18 Å². The van der Waals surface area contributed by atoms with E-state index >= 15 is 0 Å². The van der Waals surface area contributed by atoms with Gasteiger partial charge < -0.3 is 21.9 Å². The van der Waals surface area contributed by atoms with Crippen LogP contribution in [0.5, 0.6) is 5.75 Å². The molecule has 0 amide bonds. The number of alkyl halides is 3. The molecule has 0 bridgehead atoms. The Morgan fingerprint density at radius 1 is 1.17 bits per heavy atom. The van der Waals surface area contributed by atoms with Crippen molar-refractivity contribution in [3.8, 4) is 5.75 Å². The molecule has 0 saturated heterocycles. The fraction of sp³-hybridized carbons (Fsp3) is 0.133. The first-order valence-corrected chi connectivity index (χ1v) is 6.58. The van der Waals surface area contributed by atoms with Crippen molar-refractivity contribution in [1.29, 1.82) is 0 Å². The first kappa shape index (κ1) is 16.5. The number of allylic oxidation sites excluding steroid dienone is 4. The van der Waals surface area contributed by atoms with Crippen molar-refractivity contribution in [3.63, 3.8) is 0 Å². The number of rotatable bonds is 3. The minimum Gasteiger partial charge on any atom is -0.457 e. The van der Waals surface area contributed by atoms with Crippen molar-refractivity contribution in [2.24, 2.45) is 22.2 Å². The van der Waals surface area contributed by atoms with Gasteiger partial charge in [0.2, 0.25) is 0 Å². The van der Waals surface area contributed by atoms with Crippen molar-refractivity contribution in [1.82, 2.24) is 0 Å². The Morgan fingerprint density at radius 2 is 1.91 bits per heavy atom. The van der Waals surface area contributed by atoms with E-state index in [1.54, 1.807) is 18.2 Å². The van der Waals surface area contributed by atoms with E-state index in [1.165, 1.54) is 12.1 Å². The topological polar surface area (TPSA) is 99.7 Å². The van der Waals surface area contributed by atoms with Crippen molar-refractivity contribution in [2.75, 3.05) is 0 Å². The van der Waals surface area contributed by atoms with Crippen LogP contribution < -0.4 is 21.9 Å². The van der Waals surface area contributed by atoms with Gasteiger partial charge in [-0.2, -0.15) is 18.2 Å². The number of benzene rings is 1. The van der Waals surface area contributed by atoms with Crippen LogP contribution in [0.1, 0.15) is 12.0 Å². The molecule has 1 aliphatic carbocycles. The SMILES string of the molecule is NC(N)=N/C(N)=C1\CC=CC=C1Oc1cccc(C(F)(F)F)c1. The second-order valence-corrected chi connectivity index (χ2v) is 4.69. The Kier molecular flexibility index (Phi) is 4.63. The minimum absolute atomic E-state index is 0.0383. The lowest BCUT2D eigenvalue weighted by molar-refractivity contribution is -0.137. The number of hydrogen-bond acceptors (Lipinski definition) is 3. The van der Waals surface area contributed by atoms with Crippen LogP contribution >= 0.6 is 0 Å². The summed E-state index contributed by atoms with van der Waals surface area (Å²) in [4.78, 5) is 3.74. The van der Waals surface area contributed by atoms with Gasteiger partial charge in [0, 0.05) is 5.57 Å². The average Bonchev–Trinajstić information content (AvgIpc) is 2.46. The van der Waals surface area contributed by atoms with E-state index in [0.29, 0.717) is 12.0 Å². The molecular formula is C15H15F3N4O. The highest BCUT2D eigenvalue weighted by Gasteiger charge is 2.30. The summed E-state index contributed by atoms with van der Waals surface area (Å²) in [7, 11) is 0. The number of nitrogens with zero attached hydrogens (tertiary/aromatic N) is 1. The average molecular weight is 324 g/mol. The van der Waals surface area contributed by atoms with Crippen molar-refractivity contribution in [3.05, 3.63) is 65.2 Å². The van der Waals surface area contributed by atoms with Crippen LogP contribution in [0, 0.1) is 0 Å². The van der Waals surface area contributed by atoms with Gasteiger partial charge in [-0.05, 0) is 30.7 Å². The Morgan fingerprint density at radius 3 is 2.57 bits per heavy atom. The zero-order valence-electron chi connectivity index (χ0n) is 12.0. The largest absolute Gasteiger partial charge is 0.457 e. The van der Waals surface area contributed by atoms with Crippen molar-refractivity contribution in [2.45, 2.75) is 12.6 Å². The molecule has 0 fully saturated rings. The molecular weight excluding hydrogens is 309 g/mol. The molecule has 0 aromatic heterocycles. The maximum Gasteiger partial charge on any atom is 0.416 e. The highest BCUT2D eigenvalue weighted by atomic mass is 19.4. The van der Waals surface area contributed by atoms with Gasteiger partial charge in [0.15, 0.2) is 5.96 Å². The molecule has 8 heteroatoms. The predicted molar refractivity (Wildman–Crippen MR) is 80.9 cm³/mol. The van der Waals surface area contributed by atoms with Crippen molar-refractivity contribution >= 4 is 5.96 Å². The summed E-state index contributed by atoms with van der Waals surface area (Å²) in [5.74, 6) is 0.154. The molecule has 6 N–H and O–H groups in total. The number of hydrogen-bond donors (Lipinski definition) is 3. The van der Waals surface area contributed by atoms with Crippen LogP contribution in [0.3, 0.4) is 0 Å². The van der Waals surface area contributed by atoms with Gasteiger partial charge in [0.05, 0.1) is 5.56 Å². The van der Waals surface area contributed by atoms with Gasteiger partial charge in [-0.3, -0.25) is 0 Å². The number of guanidine groups is 1. The molecule has 1 aliphatic rings. The molecule has 2 rings (SSSR count). The number of ether oxygens (including phenoxy) is 1. The molecule has 1 aromatic rings. The van der Waals surface area contributed by atoms with E-state index in [9.17, 15) is 13.2 Å². The lowest BCUT2D eigenvalue weighted by atomic mass is 10.1. The maximum atomic E-state index is 12.7. The van der Waals surface area contributed by atoms with Crippen LogP contribution in [0.4, 0.5) is 13.2 Å². The first-order valence-electron chi connectivity index (χ1n) is 6.58. The van der Waals surface area contributed by atoms with Gasteiger partial charge in [0.25, 0.3) is 0 Å². The molecule has 5 nitrogen and oxygen atoms in total. The van der Waals surface area contributed by atoms with E-state index in [2.05, 4.69) is 4.99 Å². The van der Waals surface area contributed by atoms with E-state index in [4.69, 9.17) is 21.9 Å². The second-order valence-electron chi connectivity index (χ2n) is 4.69. The van der Waals surface area contributed by atoms with Crippen molar-refractivity contribution < 1.29 is 17.9 Å².